The Kier molecular flexibility index (Phi) is 4.47. The highest BCUT2D eigenvalue weighted by Crippen LogP contribution is 2.28. The summed E-state index contributed by atoms with van der Waals surface area (Å²) in [5, 5.41) is 5.75. The van der Waals surface area contributed by atoms with Gasteiger partial charge >= 0.3 is 6.03 Å². The van der Waals surface area contributed by atoms with Crippen LogP contribution in [0, 0.1) is 12.7 Å². The van der Waals surface area contributed by atoms with Crippen LogP contribution in [0.2, 0.25) is 10.0 Å². The molecule has 0 aliphatic rings. The summed E-state index contributed by atoms with van der Waals surface area (Å²) in [6, 6.07) is 8.53. The number of hydrogen-bond acceptors (Lipinski definition) is 1. The van der Waals surface area contributed by atoms with Crippen molar-refractivity contribution in [2.75, 3.05) is 10.6 Å². The number of carbonyl (C=O) groups excluding carboxylic acids is 1. The molecule has 0 bridgehead atoms. The van der Waals surface area contributed by atoms with Crippen LogP contribution in [0.15, 0.2) is 36.4 Å². The second-order valence-corrected chi connectivity index (χ2v) is 4.95. The minimum Gasteiger partial charge on any atom is -0.307 e. The Balaban J connectivity index is 2.13. The summed E-state index contributed by atoms with van der Waals surface area (Å²) < 4.78 is 13.4. The van der Waals surface area contributed by atoms with E-state index in [-0.39, 0.29) is 5.69 Å². The number of hydrogen-bond donors (Lipinski definition) is 2. The minimum atomic E-state index is -0.559. The Bertz CT molecular complexity index is 662. The van der Waals surface area contributed by atoms with Gasteiger partial charge in [0.25, 0.3) is 0 Å². The average molecular weight is 313 g/mol. The highest BCUT2D eigenvalue weighted by molar-refractivity contribution is 6.42. The van der Waals surface area contributed by atoms with E-state index >= 15 is 0 Å². The van der Waals surface area contributed by atoms with Crippen molar-refractivity contribution in [2.24, 2.45) is 0 Å². The first-order valence-corrected chi connectivity index (χ1v) is 6.51. The lowest BCUT2D eigenvalue weighted by Crippen LogP contribution is -2.20. The molecule has 0 aromatic heterocycles. The molecule has 2 aromatic rings. The van der Waals surface area contributed by atoms with E-state index < -0.39 is 11.8 Å². The van der Waals surface area contributed by atoms with Crippen LogP contribution in [0.1, 0.15) is 5.56 Å². The summed E-state index contributed by atoms with van der Waals surface area (Å²) >= 11 is 11.8. The number of halogens is 3. The maximum Gasteiger partial charge on any atom is 0.323 e. The quantitative estimate of drug-likeness (QED) is 0.797. The average Bonchev–Trinajstić information content (AvgIpc) is 2.39. The Hall–Kier alpha value is -1.78. The van der Waals surface area contributed by atoms with Crippen molar-refractivity contribution in [2.45, 2.75) is 6.92 Å². The summed E-state index contributed by atoms with van der Waals surface area (Å²) in [6.45, 7) is 1.78. The summed E-state index contributed by atoms with van der Waals surface area (Å²) in [4.78, 5) is 11.8. The SMILES string of the molecule is Cc1cc(Cl)c(Cl)cc1NC(=O)Nc1ccccc1F. The van der Waals surface area contributed by atoms with Gasteiger partial charge in [-0.15, -0.1) is 0 Å². The molecule has 104 valence electrons. The third-order valence-corrected chi connectivity index (χ3v) is 3.36. The molecular formula is C14H11Cl2FN2O. The number of nitrogens with one attached hydrogen (secondary N) is 2. The van der Waals surface area contributed by atoms with E-state index in [1.807, 2.05) is 0 Å². The zero-order valence-corrected chi connectivity index (χ0v) is 12.0. The molecule has 2 rings (SSSR count). The van der Waals surface area contributed by atoms with Gasteiger partial charge in [0.15, 0.2) is 0 Å². The van der Waals surface area contributed by atoms with Gasteiger partial charge in [-0.3, -0.25) is 0 Å². The Labute approximate surface area is 125 Å². The zero-order chi connectivity index (χ0) is 14.7. The van der Waals surface area contributed by atoms with Crippen LogP contribution in [0.25, 0.3) is 0 Å². The second kappa shape index (κ2) is 6.11. The molecule has 2 aromatic carbocycles. The molecule has 6 heteroatoms. The number of carbonyl (C=O) groups is 1. The van der Waals surface area contributed by atoms with E-state index in [1.54, 1.807) is 31.2 Å². The first kappa shape index (κ1) is 14.6. The lowest BCUT2D eigenvalue weighted by atomic mass is 10.2. The first-order valence-electron chi connectivity index (χ1n) is 5.75. The van der Waals surface area contributed by atoms with Crippen molar-refractivity contribution in [3.8, 4) is 0 Å². The van der Waals surface area contributed by atoms with Gasteiger partial charge in [0.05, 0.1) is 15.7 Å². The Morgan fingerprint density at radius 3 is 2.35 bits per heavy atom. The van der Waals surface area contributed by atoms with Gasteiger partial charge < -0.3 is 10.6 Å². The van der Waals surface area contributed by atoms with E-state index in [0.29, 0.717) is 15.7 Å². The number of para-hydroxylation sites is 1. The summed E-state index contributed by atoms with van der Waals surface area (Å²) in [5.41, 5.74) is 1.36. The molecule has 0 unspecified atom stereocenters. The van der Waals surface area contributed by atoms with Crippen LogP contribution in [-0.2, 0) is 0 Å². The normalized spacial score (nSPS) is 10.2. The lowest BCUT2D eigenvalue weighted by molar-refractivity contribution is 0.262. The fourth-order valence-electron chi connectivity index (χ4n) is 1.62. The van der Waals surface area contributed by atoms with Gasteiger partial charge in [-0.1, -0.05) is 35.3 Å². The molecule has 0 aliphatic heterocycles. The molecule has 0 radical (unpaired) electrons. The topological polar surface area (TPSA) is 41.1 Å². The summed E-state index contributed by atoms with van der Waals surface area (Å²) in [6.07, 6.45) is 0. The third kappa shape index (κ3) is 3.40. The maximum absolute atomic E-state index is 13.4. The summed E-state index contributed by atoms with van der Waals surface area (Å²) in [7, 11) is 0. The van der Waals surface area contributed by atoms with E-state index in [2.05, 4.69) is 10.6 Å². The van der Waals surface area contributed by atoms with Crippen molar-refractivity contribution in [1.29, 1.82) is 0 Å². The largest absolute Gasteiger partial charge is 0.323 e. The zero-order valence-electron chi connectivity index (χ0n) is 10.5. The Morgan fingerprint density at radius 2 is 1.65 bits per heavy atom. The van der Waals surface area contributed by atoms with E-state index in [0.717, 1.165) is 5.56 Å². The molecular weight excluding hydrogens is 302 g/mol. The predicted octanol–water partition coefficient (Wildman–Crippen LogP) is 5.08. The van der Waals surface area contributed by atoms with E-state index in [1.165, 1.54) is 12.1 Å². The van der Waals surface area contributed by atoms with Crippen molar-refractivity contribution in [3.05, 3.63) is 57.8 Å². The predicted molar refractivity (Wildman–Crippen MR) is 80.2 cm³/mol. The van der Waals surface area contributed by atoms with Crippen LogP contribution >= 0.6 is 23.2 Å². The number of rotatable bonds is 2. The molecule has 0 aliphatic carbocycles. The van der Waals surface area contributed by atoms with Gasteiger partial charge in [0.2, 0.25) is 0 Å². The van der Waals surface area contributed by atoms with Gasteiger partial charge in [-0.05, 0) is 36.8 Å². The van der Waals surface area contributed by atoms with Gasteiger partial charge in [-0.25, -0.2) is 9.18 Å². The standard InChI is InChI=1S/C14H11Cl2FN2O/c1-8-6-9(15)10(16)7-13(8)19-14(20)18-12-5-3-2-4-11(12)17/h2-7H,1H3,(H2,18,19,20). The van der Waals surface area contributed by atoms with E-state index in [9.17, 15) is 9.18 Å². The number of aryl methyl sites for hydroxylation is 1. The van der Waals surface area contributed by atoms with Crippen molar-refractivity contribution in [1.82, 2.24) is 0 Å². The number of benzene rings is 2. The molecule has 0 spiro atoms. The molecule has 0 saturated heterocycles. The number of anilines is 2. The highest BCUT2D eigenvalue weighted by Gasteiger charge is 2.09. The third-order valence-electron chi connectivity index (χ3n) is 2.64. The van der Waals surface area contributed by atoms with Crippen LogP contribution in [0.4, 0.5) is 20.6 Å². The van der Waals surface area contributed by atoms with Gasteiger partial charge in [0, 0.05) is 5.69 Å². The Morgan fingerprint density at radius 1 is 1.05 bits per heavy atom. The summed E-state index contributed by atoms with van der Waals surface area (Å²) in [5.74, 6) is -0.506. The van der Waals surface area contributed by atoms with Crippen LogP contribution in [0.5, 0.6) is 0 Å². The molecule has 2 N–H and O–H groups in total. The highest BCUT2D eigenvalue weighted by atomic mass is 35.5. The molecule has 20 heavy (non-hydrogen) atoms. The van der Waals surface area contributed by atoms with Crippen LogP contribution in [-0.4, -0.2) is 6.03 Å². The molecule has 2 amide bonds. The molecule has 0 fully saturated rings. The fourth-order valence-corrected chi connectivity index (χ4v) is 2.00. The smallest absolute Gasteiger partial charge is 0.307 e. The number of amides is 2. The van der Waals surface area contributed by atoms with Crippen molar-refractivity contribution < 1.29 is 9.18 Å². The van der Waals surface area contributed by atoms with Crippen molar-refractivity contribution >= 4 is 40.6 Å². The van der Waals surface area contributed by atoms with E-state index in [4.69, 9.17) is 23.2 Å². The lowest BCUT2D eigenvalue weighted by Gasteiger charge is -2.11. The van der Waals surface area contributed by atoms with Crippen LogP contribution in [0.3, 0.4) is 0 Å². The fraction of sp³-hybridized carbons (Fsp3) is 0.0714. The second-order valence-electron chi connectivity index (χ2n) is 4.14. The molecule has 0 heterocycles. The monoisotopic (exact) mass is 312 g/mol. The van der Waals surface area contributed by atoms with Crippen LogP contribution < -0.4 is 10.6 Å². The minimum absolute atomic E-state index is 0.0997. The first-order chi connectivity index (χ1) is 9.47. The van der Waals surface area contributed by atoms with Gasteiger partial charge in [-0.2, -0.15) is 0 Å². The number of urea groups is 1. The molecule has 0 atom stereocenters. The van der Waals surface area contributed by atoms with Gasteiger partial charge in [0.1, 0.15) is 5.82 Å². The van der Waals surface area contributed by atoms with Crippen molar-refractivity contribution in [3.63, 3.8) is 0 Å². The molecule has 0 saturated carbocycles. The maximum atomic E-state index is 13.4. The molecule has 3 nitrogen and oxygen atoms in total.